The number of carbonyl (C=O) groups is 2. The van der Waals surface area contributed by atoms with Crippen molar-refractivity contribution in [3.8, 4) is 0 Å². The van der Waals surface area contributed by atoms with Crippen molar-refractivity contribution < 1.29 is 22.7 Å². The Balaban J connectivity index is 1.82. The Labute approximate surface area is 183 Å². The summed E-state index contributed by atoms with van der Waals surface area (Å²) in [6.07, 6.45) is 0.530. The van der Waals surface area contributed by atoms with Crippen LogP contribution >= 0.6 is 0 Å². The zero-order chi connectivity index (χ0) is 22.8. The van der Waals surface area contributed by atoms with Crippen LogP contribution in [0.1, 0.15) is 50.0 Å². The van der Waals surface area contributed by atoms with Gasteiger partial charge < -0.3 is 10.1 Å². The van der Waals surface area contributed by atoms with Crippen LogP contribution in [0.2, 0.25) is 0 Å². The van der Waals surface area contributed by atoms with Crippen molar-refractivity contribution in [2.45, 2.75) is 57.1 Å². The maximum Gasteiger partial charge on any atom is 0.338 e. The lowest BCUT2D eigenvalue weighted by molar-refractivity contribution is -0.130. The van der Waals surface area contributed by atoms with Crippen molar-refractivity contribution in [1.82, 2.24) is 5.32 Å². The molecule has 0 fully saturated rings. The number of ether oxygens (including phenoxy) is 1. The minimum Gasteiger partial charge on any atom is -0.449 e. The average Bonchev–Trinajstić information content (AvgIpc) is 2.72. The molecular formula is C23H28N2O5S. The van der Waals surface area contributed by atoms with E-state index in [1.165, 1.54) is 35.5 Å². The highest BCUT2D eigenvalue weighted by Gasteiger charge is 2.30. The summed E-state index contributed by atoms with van der Waals surface area (Å²) < 4.78 is 33.3. The number of nitrogens with zero attached hydrogens (tertiary/aromatic N) is 1. The molecule has 0 spiro atoms. The number of nitrogens with one attached hydrogen (secondary N) is 1. The number of esters is 1. The zero-order valence-corrected chi connectivity index (χ0v) is 19.0. The van der Waals surface area contributed by atoms with Gasteiger partial charge in [0.15, 0.2) is 6.10 Å². The highest BCUT2D eigenvalue weighted by Crippen LogP contribution is 2.32. The molecule has 0 saturated carbocycles. The molecular weight excluding hydrogens is 416 g/mol. The number of carbonyl (C=O) groups excluding carboxylic acids is 2. The van der Waals surface area contributed by atoms with Crippen LogP contribution < -0.4 is 9.62 Å². The van der Waals surface area contributed by atoms with Gasteiger partial charge in [-0.3, -0.25) is 9.10 Å². The Kier molecular flexibility index (Phi) is 6.40. The minimum atomic E-state index is -3.85. The third-order valence-electron chi connectivity index (χ3n) is 4.88. The Morgan fingerprint density at radius 3 is 2.52 bits per heavy atom. The van der Waals surface area contributed by atoms with Gasteiger partial charge in [0, 0.05) is 12.1 Å². The largest absolute Gasteiger partial charge is 0.449 e. The Bertz CT molecular complexity index is 1090. The van der Waals surface area contributed by atoms with Gasteiger partial charge in [-0.25, -0.2) is 13.2 Å². The van der Waals surface area contributed by atoms with Gasteiger partial charge in [-0.15, -0.1) is 0 Å². The third kappa shape index (κ3) is 5.25. The summed E-state index contributed by atoms with van der Waals surface area (Å²) in [5.41, 5.74) is 1.25. The van der Waals surface area contributed by atoms with Gasteiger partial charge in [0.25, 0.3) is 15.9 Å². The van der Waals surface area contributed by atoms with Crippen molar-refractivity contribution >= 4 is 27.6 Å². The molecule has 2 aromatic carbocycles. The monoisotopic (exact) mass is 444 g/mol. The normalized spacial score (nSPS) is 15.0. The molecule has 1 aliphatic heterocycles. The van der Waals surface area contributed by atoms with Crippen LogP contribution in [-0.2, 0) is 26.0 Å². The standard InChI is InChI=1S/C23H28N2O5S/c1-16(21(26)24-23(2,3)4)30-22(27)18-10-7-12-19(15-18)31(28,29)25-14-8-11-17-9-5-6-13-20(17)25/h5-7,9-10,12-13,15-16H,8,11,14H2,1-4H3,(H,24,26). The number of hydrogen-bond donors (Lipinski definition) is 1. The van der Waals surface area contributed by atoms with E-state index in [9.17, 15) is 18.0 Å². The van der Waals surface area contributed by atoms with E-state index in [-0.39, 0.29) is 10.5 Å². The van der Waals surface area contributed by atoms with Gasteiger partial charge >= 0.3 is 5.97 Å². The van der Waals surface area contributed by atoms with Gasteiger partial charge in [0.1, 0.15) is 0 Å². The van der Waals surface area contributed by atoms with Crippen molar-refractivity contribution in [3.05, 3.63) is 59.7 Å². The number of rotatable bonds is 5. The van der Waals surface area contributed by atoms with Crippen LogP contribution in [0, 0.1) is 0 Å². The Morgan fingerprint density at radius 1 is 1.10 bits per heavy atom. The molecule has 1 heterocycles. The molecule has 1 aliphatic rings. The lowest BCUT2D eigenvalue weighted by atomic mass is 10.0. The van der Waals surface area contributed by atoms with E-state index in [0.29, 0.717) is 12.2 Å². The predicted octanol–water partition coefficient (Wildman–Crippen LogP) is 3.29. The second kappa shape index (κ2) is 8.70. The molecule has 1 unspecified atom stereocenters. The molecule has 0 bridgehead atoms. The third-order valence-corrected chi connectivity index (χ3v) is 6.69. The van der Waals surface area contributed by atoms with E-state index in [2.05, 4.69) is 5.32 Å². The summed E-state index contributed by atoms with van der Waals surface area (Å²) in [6, 6.07) is 13.1. The highest BCUT2D eigenvalue weighted by atomic mass is 32.2. The predicted molar refractivity (Wildman–Crippen MR) is 119 cm³/mol. The molecule has 31 heavy (non-hydrogen) atoms. The van der Waals surface area contributed by atoms with Crippen LogP contribution in [0.15, 0.2) is 53.4 Å². The Hall–Kier alpha value is -2.87. The number of sulfonamides is 1. The molecule has 166 valence electrons. The first kappa shape index (κ1) is 22.8. The first-order chi connectivity index (χ1) is 14.5. The fourth-order valence-corrected chi connectivity index (χ4v) is 5.00. The van der Waals surface area contributed by atoms with Crippen molar-refractivity contribution in [2.24, 2.45) is 0 Å². The maximum absolute atomic E-state index is 13.3. The second-order valence-corrected chi connectivity index (χ2v) is 10.5. The molecule has 1 atom stereocenters. The topological polar surface area (TPSA) is 92.8 Å². The lowest BCUT2D eigenvalue weighted by Gasteiger charge is -2.30. The average molecular weight is 445 g/mol. The van der Waals surface area contributed by atoms with E-state index in [4.69, 9.17) is 4.74 Å². The van der Waals surface area contributed by atoms with Crippen LogP contribution in [0.4, 0.5) is 5.69 Å². The SMILES string of the molecule is CC(OC(=O)c1cccc(S(=O)(=O)N2CCCc3ccccc32)c1)C(=O)NC(C)(C)C. The Morgan fingerprint density at radius 2 is 1.81 bits per heavy atom. The fourth-order valence-electron chi connectivity index (χ4n) is 3.41. The van der Waals surface area contributed by atoms with E-state index in [1.807, 2.05) is 39.0 Å². The molecule has 0 saturated heterocycles. The summed E-state index contributed by atoms with van der Waals surface area (Å²) in [5.74, 6) is -1.18. The molecule has 1 N–H and O–H groups in total. The van der Waals surface area contributed by atoms with E-state index < -0.39 is 33.5 Å². The van der Waals surface area contributed by atoms with Crippen LogP contribution in [0.25, 0.3) is 0 Å². The first-order valence-electron chi connectivity index (χ1n) is 10.2. The van der Waals surface area contributed by atoms with Crippen molar-refractivity contribution in [2.75, 3.05) is 10.8 Å². The second-order valence-electron chi connectivity index (χ2n) is 8.62. The summed E-state index contributed by atoms with van der Waals surface area (Å²) in [7, 11) is -3.85. The van der Waals surface area contributed by atoms with E-state index in [0.717, 1.165) is 18.4 Å². The smallest absolute Gasteiger partial charge is 0.338 e. The van der Waals surface area contributed by atoms with Gasteiger partial charge in [0.2, 0.25) is 0 Å². The number of aryl methyl sites for hydroxylation is 1. The number of benzene rings is 2. The van der Waals surface area contributed by atoms with Crippen molar-refractivity contribution in [1.29, 1.82) is 0 Å². The van der Waals surface area contributed by atoms with E-state index in [1.54, 1.807) is 6.07 Å². The molecule has 2 aromatic rings. The molecule has 0 radical (unpaired) electrons. The first-order valence-corrected chi connectivity index (χ1v) is 11.7. The van der Waals surface area contributed by atoms with Crippen LogP contribution in [-0.4, -0.2) is 38.5 Å². The summed E-state index contributed by atoms with van der Waals surface area (Å²) >= 11 is 0. The fraction of sp³-hybridized carbons (Fsp3) is 0.391. The molecule has 3 rings (SSSR count). The number of amides is 1. The van der Waals surface area contributed by atoms with Crippen LogP contribution in [0.5, 0.6) is 0 Å². The highest BCUT2D eigenvalue weighted by molar-refractivity contribution is 7.92. The number of fused-ring (bicyclic) bond motifs is 1. The van der Waals surface area contributed by atoms with E-state index >= 15 is 0 Å². The van der Waals surface area contributed by atoms with Gasteiger partial charge in [-0.1, -0.05) is 24.3 Å². The number of anilines is 1. The number of hydrogen-bond acceptors (Lipinski definition) is 5. The van der Waals surface area contributed by atoms with Gasteiger partial charge in [-0.2, -0.15) is 0 Å². The van der Waals surface area contributed by atoms with Crippen LogP contribution in [0.3, 0.4) is 0 Å². The maximum atomic E-state index is 13.3. The molecule has 0 aromatic heterocycles. The van der Waals surface area contributed by atoms with Crippen molar-refractivity contribution in [3.63, 3.8) is 0 Å². The molecule has 0 aliphatic carbocycles. The number of para-hydroxylation sites is 1. The zero-order valence-electron chi connectivity index (χ0n) is 18.2. The minimum absolute atomic E-state index is 0.00505. The molecule has 7 nitrogen and oxygen atoms in total. The summed E-state index contributed by atoms with van der Waals surface area (Å²) in [6.45, 7) is 7.33. The van der Waals surface area contributed by atoms with Gasteiger partial charge in [-0.05, 0) is 70.4 Å². The summed E-state index contributed by atoms with van der Waals surface area (Å²) in [5, 5.41) is 2.75. The molecule has 8 heteroatoms. The summed E-state index contributed by atoms with van der Waals surface area (Å²) in [4.78, 5) is 24.8. The van der Waals surface area contributed by atoms with Gasteiger partial charge in [0.05, 0.1) is 16.1 Å². The lowest BCUT2D eigenvalue weighted by Crippen LogP contribution is -2.46. The quantitative estimate of drug-likeness (QED) is 0.715. The molecule has 1 amide bonds.